The Bertz CT molecular complexity index is 491. The number of carbonyl (C=O) groups is 1. The molecule has 0 spiro atoms. The summed E-state index contributed by atoms with van der Waals surface area (Å²) in [7, 11) is 1.99. The van der Waals surface area contributed by atoms with E-state index in [2.05, 4.69) is 9.88 Å². The first kappa shape index (κ1) is 14.8. The molecule has 0 aromatic carbocycles. The van der Waals surface area contributed by atoms with Crippen LogP contribution >= 0.6 is 0 Å². The molecule has 0 unspecified atom stereocenters. The van der Waals surface area contributed by atoms with E-state index in [0.29, 0.717) is 17.4 Å². The van der Waals surface area contributed by atoms with Crippen LogP contribution in [0.2, 0.25) is 0 Å². The van der Waals surface area contributed by atoms with Crippen molar-refractivity contribution in [2.24, 2.45) is 0 Å². The van der Waals surface area contributed by atoms with E-state index in [1.807, 2.05) is 27.0 Å². The third kappa shape index (κ3) is 3.11. The molecule has 110 valence electrons. The van der Waals surface area contributed by atoms with Crippen molar-refractivity contribution in [1.82, 2.24) is 4.98 Å². The molecule has 1 heterocycles. The molecule has 4 heteroatoms. The van der Waals surface area contributed by atoms with Gasteiger partial charge in [0.2, 0.25) is 0 Å². The lowest BCUT2D eigenvalue weighted by Crippen LogP contribution is -2.33. The van der Waals surface area contributed by atoms with Gasteiger partial charge in [0, 0.05) is 18.8 Å². The molecule has 0 amide bonds. The molecule has 0 atom stereocenters. The van der Waals surface area contributed by atoms with Crippen molar-refractivity contribution in [3.63, 3.8) is 0 Å². The predicted octanol–water partition coefficient (Wildman–Crippen LogP) is 3.56. The lowest BCUT2D eigenvalue weighted by atomic mass is 10.0. The number of pyridine rings is 1. The number of aryl methyl sites for hydroxylation is 2. The van der Waals surface area contributed by atoms with E-state index < -0.39 is 5.97 Å². The lowest BCUT2D eigenvalue weighted by molar-refractivity contribution is 0.0696. The van der Waals surface area contributed by atoms with E-state index in [9.17, 15) is 9.90 Å². The Balaban J connectivity index is 2.37. The number of carboxylic acids is 1. The normalized spacial score (nSPS) is 16.8. The standard InChI is InChI=1S/C16H24N2O2/c1-11-10-12(2)17-15(14(11)16(19)20)18(3)13-8-6-4-5-7-9-13/h10,13H,4-9H2,1-3H3,(H,19,20). The third-order valence-corrected chi connectivity index (χ3v) is 4.25. The van der Waals surface area contributed by atoms with Crippen molar-refractivity contribution >= 4 is 11.8 Å². The van der Waals surface area contributed by atoms with Crippen molar-refractivity contribution in [3.8, 4) is 0 Å². The largest absolute Gasteiger partial charge is 0.478 e. The van der Waals surface area contributed by atoms with Gasteiger partial charge in [-0.05, 0) is 38.3 Å². The molecule has 1 saturated carbocycles. The maximum absolute atomic E-state index is 11.5. The fraction of sp³-hybridized carbons (Fsp3) is 0.625. The fourth-order valence-electron chi connectivity index (χ4n) is 3.15. The highest BCUT2D eigenvalue weighted by molar-refractivity contribution is 5.95. The van der Waals surface area contributed by atoms with E-state index in [1.165, 1.54) is 25.7 Å². The molecule has 1 aliphatic carbocycles. The van der Waals surface area contributed by atoms with Crippen molar-refractivity contribution in [2.75, 3.05) is 11.9 Å². The molecule has 1 fully saturated rings. The van der Waals surface area contributed by atoms with Crippen LogP contribution in [-0.4, -0.2) is 29.1 Å². The van der Waals surface area contributed by atoms with Gasteiger partial charge in [-0.3, -0.25) is 0 Å². The van der Waals surface area contributed by atoms with E-state index in [4.69, 9.17) is 0 Å². The Kier molecular flexibility index (Phi) is 4.63. The zero-order chi connectivity index (χ0) is 14.7. The molecule has 1 N–H and O–H groups in total. The number of nitrogens with zero attached hydrogens (tertiary/aromatic N) is 2. The summed E-state index contributed by atoms with van der Waals surface area (Å²) < 4.78 is 0. The summed E-state index contributed by atoms with van der Waals surface area (Å²) in [6, 6.07) is 2.25. The van der Waals surface area contributed by atoms with E-state index in [0.717, 1.165) is 24.1 Å². The number of anilines is 1. The molecule has 1 aromatic rings. The zero-order valence-electron chi connectivity index (χ0n) is 12.6. The Morgan fingerprint density at radius 3 is 2.40 bits per heavy atom. The smallest absolute Gasteiger partial charge is 0.339 e. The first-order valence-electron chi connectivity index (χ1n) is 7.45. The minimum atomic E-state index is -0.884. The maximum Gasteiger partial charge on any atom is 0.339 e. The van der Waals surface area contributed by atoms with Crippen LogP contribution in [0.1, 0.15) is 60.1 Å². The van der Waals surface area contributed by atoms with Crippen molar-refractivity contribution in [2.45, 2.75) is 58.4 Å². The maximum atomic E-state index is 11.5. The fourth-order valence-corrected chi connectivity index (χ4v) is 3.15. The minimum absolute atomic E-state index is 0.349. The van der Waals surface area contributed by atoms with Crippen LogP contribution in [0, 0.1) is 13.8 Å². The number of aromatic nitrogens is 1. The summed E-state index contributed by atoms with van der Waals surface area (Å²) in [5.74, 6) is -0.257. The van der Waals surface area contributed by atoms with Gasteiger partial charge >= 0.3 is 5.97 Å². The summed E-state index contributed by atoms with van der Waals surface area (Å²) in [6.07, 6.45) is 7.28. The van der Waals surface area contributed by atoms with Gasteiger partial charge < -0.3 is 10.0 Å². The molecule has 4 nitrogen and oxygen atoms in total. The van der Waals surface area contributed by atoms with Crippen LogP contribution in [-0.2, 0) is 0 Å². The SMILES string of the molecule is Cc1cc(C)c(C(=O)O)c(N(C)C2CCCCCC2)n1. The molecule has 20 heavy (non-hydrogen) atoms. The quantitative estimate of drug-likeness (QED) is 0.858. The first-order chi connectivity index (χ1) is 9.50. The zero-order valence-corrected chi connectivity index (χ0v) is 12.6. The Morgan fingerprint density at radius 2 is 1.85 bits per heavy atom. The highest BCUT2D eigenvalue weighted by Crippen LogP contribution is 2.28. The average molecular weight is 276 g/mol. The number of hydrogen-bond donors (Lipinski definition) is 1. The van der Waals surface area contributed by atoms with Crippen LogP contribution in [0.4, 0.5) is 5.82 Å². The summed E-state index contributed by atoms with van der Waals surface area (Å²) in [5, 5.41) is 9.47. The first-order valence-corrected chi connectivity index (χ1v) is 7.45. The molecule has 1 aliphatic rings. The van der Waals surface area contributed by atoms with Crippen molar-refractivity contribution < 1.29 is 9.90 Å². The minimum Gasteiger partial charge on any atom is -0.478 e. The van der Waals surface area contributed by atoms with E-state index >= 15 is 0 Å². The summed E-state index contributed by atoms with van der Waals surface area (Å²) >= 11 is 0. The topological polar surface area (TPSA) is 53.4 Å². The van der Waals surface area contributed by atoms with Crippen LogP contribution in [0.3, 0.4) is 0 Å². The molecule has 0 aliphatic heterocycles. The molecule has 0 bridgehead atoms. The summed E-state index contributed by atoms with van der Waals surface area (Å²) in [6.45, 7) is 3.77. The van der Waals surface area contributed by atoms with Gasteiger partial charge in [0.05, 0.1) is 0 Å². The Hall–Kier alpha value is -1.58. The third-order valence-electron chi connectivity index (χ3n) is 4.25. The number of rotatable bonds is 3. The van der Waals surface area contributed by atoms with E-state index in [1.54, 1.807) is 0 Å². The van der Waals surface area contributed by atoms with Crippen molar-refractivity contribution in [1.29, 1.82) is 0 Å². The van der Waals surface area contributed by atoms with Crippen LogP contribution < -0.4 is 4.90 Å². The van der Waals surface area contributed by atoms with Gasteiger partial charge in [-0.25, -0.2) is 9.78 Å². The number of hydrogen-bond acceptors (Lipinski definition) is 3. The second-order valence-corrected chi connectivity index (χ2v) is 5.84. The van der Waals surface area contributed by atoms with Crippen LogP contribution in [0.5, 0.6) is 0 Å². The lowest BCUT2D eigenvalue weighted by Gasteiger charge is -2.30. The van der Waals surface area contributed by atoms with Gasteiger partial charge in [0.25, 0.3) is 0 Å². The predicted molar refractivity (Wildman–Crippen MR) is 80.6 cm³/mol. The second-order valence-electron chi connectivity index (χ2n) is 5.84. The average Bonchev–Trinajstić information content (AvgIpc) is 2.65. The molecule has 2 rings (SSSR count). The molecule has 0 saturated heterocycles. The molecule has 1 aromatic heterocycles. The van der Waals surface area contributed by atoms with Gasteiger partial charge in [-0.15, -0.1) is 0 Å². The van der Waals surface area contributed by atoms with Gasteiger partial charge in [-0.1, -0.05) is 25.7 Å². The van der Waals surface area contributed by atoms with Crippen LogP contribution in [0.25, 0.3) is 0 Å². The monoisotopic (exact) mass is 276 g/mol. The highest BCUT2D eigenvalue weighted by Gasteiger charge is 2.24. The van der Waals surface area contributed by atoms with Crippen molar-refractivity contribution in [3.05, 3.63) is 22.9 Å². The van der Waals surface area contributed by atoms with Gasteiger partial charge in [0.15, 0.2) is 0 Å². The Morgan fingerprint density at radius 1 is 1.25 bits per heavy atom. The number of aromatic carboxylic acids is 1. The highest BCUT2D eigenvalue weighted by atomic mass is 16.4. The van der Waals surface area contributed by atoms with Gasteiger partial charge in [-0.2, -0.15) is 0 Å². The van der Waals surface area contributed by atoms with Gasteiger partial charge in [0.1, 0.15) is 11.4 Å². The molecular weight excluding hydrogens is 252 g/mol. The second kappa shape index (κ2) is 6.25. The molecule has 0 radical (unpaired) electrons. The Labute approximate surface area is 120 Å². The summed E-state index contributed by atoms with van der Waals surface area (Å²) in [4.78, 5) is 18.1. The molecular formula is C16H24N2O2. The van der Waals surface area contributed by atoms with E-state index in [-0.39, 0.29) is 0 Å². The number of carboxylic acid groups (broad SMARTS) is 1. The van der Waals surface area contributed by atoms with Crippen LogP contribution in [0.15, 0.2) is 6.07 Å². The summed E-state index contributed by atoms with van der Waals surface area (Å²) in [5.41, 5.74) is 2.02.